The second kappa shape index (κ2) is 16.4. The monoisotopic (exact) mass is 530 g/mol. The fourth-order valence-corrected chi connectivity index (χ4v) is 3.35. The third-order valence-electron chi connectivity index (χ3n) is 4.99. The minimum atomic E-state index is 0. The quantitative estimate of drug-likeness (QED) is 0.198. The Hall–Kier alpha value is -1.35. The first-order valence-electron chi connectivity index (χ1n) is 11.1. The van der Waals surface area contributed by atoms with Crippen LogP contribution in [0.25, 0.3) is 0 Å². The van der Waals surface area contributed by atoms with Crippen LogP contribution in [-0.4, -0.2) is 56.1 Å². The van der Waals surface area contributed by atoms with E-state index >= 15 is 0 Å². The van der Waals surface area contributed by atoms with Gasteiger partial charge in [0.05, 0.1) is 13.2 Å². The van der Waals surface area contributed by atoms with E-state index < -0.39 is 0 Å². The summed E-state index contributed by atoms with van der Waals surface area (Å²) >= 11 is 0. The van der Waals surface area contributed by atoms with Gasteiger partial charge >= 0.3 is 0 Å². The Morgan fingerprint density at radius 2 is 2.00 bits per heavy atom. The summed E-state index contributed by atoms with van der Waals surface area (Å²) in [6.45, 7) is 9.65. The Kier molecular flexibility index (Phi) is 14.5. The van der Waals surface area contributed by atoms with E-state index in [1.165, 1.54) is 12.0 Å². The highest BCUT2D eigenvalue weighted by molar-refractivity contribution is 14.0. The molecule has 0 aromatic heterocycles. The maximum absolute atomic E-state index is 12.1. The van der Waals surface area contributed by atoms with E-state index in [1.54, 1.807) is 0 Å². The van der Waals surface area contributed by atoms with Gasteiger partial charge in [0.15, 0.2) is 5.96 Å². The zero-order valence-electron chi connectivity index (χ0n) is 18.6. The zero-order chi connectivity index (χ0) is 20.7. The van der Waals surface area contributed by atoms with Gasteiger partial charge < -0.3 is 20.3 Å². The topological polar surface area (TPSA) is 66.0 Å². The van der Waals surface area contributed by atoms with Gasteiger partial charge in [-0.25, -0.2) is 0 Å². The van der Waals surface area contributed by atoms with E-state index in [4.69, 9.17) is 4.74 Å². The molecule has 30 heavy (non-hydrogen) atoms. The van der Waals surface area contributed by atoms with Crippen molar-refractivity contribution in [3.63, 3.8) is 0 Å². The fraction of sp³-hybridized carbons (Fsp3) is 0.652. The van der Waals surface area contributed by atoms with Crippen molar-refractivity contribution in [2.45, 2.75) is 52.6 Å². The predicted molar refractivity (Wildman–Crippen MR) is 134 cm³/mol. The Labute approximate surface area is 199 Å². The molecule has 0 aliphatic carbocycles. The number of nitrogens with zero attached hydrogens (tertiary/aromatic N) is 2. The van der Waals surface area contributed by atoms with Gasteiger partial charge in [-0.15, -0.1) is 24.0 Å². The number of ether oxygens (including phenoxy) is 1. The van der Waals surface area contributed by atoms with Gasteiger partial charge in [0, 0.05) is 39.1 Å². The molecule has 2 N–H and O–H groups in total. The Balaban J connectivity index is 0.00000450. The molecule has 0 radical (unpaired) electrons. The maximum Gasteiger partial charge on any atom is 0.222 e. The lowest BCUT2D eigenvalue weighted by atomic mass is 10.2. The number of aliphatic imine (C=N–C) groups is 1. The van der Waals surface area contributed by atoms with E-state index in [2.05, 4.69) is 41.6 Å². The summed E-state index contributed by atoms with van der Waals surface area (Å²) in [6, 6.07) is 10.2. The summed E-state index contributed by atoms with van der Waals surface area (Å²) in [7, 11) is 0. The lowest BCUT2D eigenvalue weighted by molar-refractivity contribution is -0.130. The number of nitrogens with one attached hydrogen (secondary N) is 2. The van der Waals surface area contributed by atoms with Crippen molar-refractivity contribution < 1.29 is 9.53 Å². The van der Waals surface area contributed by atoms with E-state index in [0.717, 1.165) is 51.4 Å². The number of halogens is 1. The number of amides is 1. The van der Waals surface area contributed by atoms with Gasteiger partial charge in [-0.1, -0.05) is 43.7 Å². The van der Waals surface area contributed by atoms with Crippen LogP contribution in [-0.2, 0) is 16.1 Å². The maximum atomic E-state index is 12.1. The molecule has 0 spiro atoms. The second-order valence-electron chi connectivity index (χ2n) is 7.80. The van der Waals surface area contributed by atoms with Crippen molar-refractivity contribution in [3.05, 3.63) is 35.9 Å². The van der Waals surface area contributed by atoms with Crippen LogP contribution in [0.4, 0.5) is 0 Å². The Bertz CT molecular complexity index is 612. The predicted octanol–water partition coefficient (Wildman–Crippen LogP) is 3.81. The van der Waals surface area contributed by atoms with Crippen LogP contribution < -0.4 is 10.6 Å². The molecule has 1 aromatic carbocycles. The number of carbonyl (C=O) groups is 1. The van der Waals surface area contributed by atoms with Crippen molar-refractivity contribution >= 4 is 35.8 Å². The van der Waals surface area contributed by atoms with Crippen LogP contribution in [0.15, 0.2) is 35.3 Å². The third-order valence-corrected chi connectivity index (χ3v) is 4.99. The minimum Gasteiger partial charge on any atom is -0.376 e. The van der Waals surface area contributed by atoms with E-state index in [1.807, 2.05) is 23.1 Å². The molecule has 1 saturated heterocycles. The number of benzene rings is 1. The first-order chi connectivity index (χ1) is 14.2. The molecule has 1 aliphatic rings. The first kappa shape index (κ1) is 26.7. The molecule has 1 aliphatic heterocycles. The van der Waals surface area contributed by atoms with Gasteiger partial charge in [-0.3, -0.25) is 9.79 Å². The highest BCUT2D eigenvalue weighted by Gasteiger charge is 2.15. The van der Waals surface area contributed by atoms with Crippen LogP contribution in [0.1, 0.15) is 51.5 Å². The Morgan fingerprint density at radius 1 is 1.20 bits per heavy atom. The number of rotatable bonds is 11. The van der Waals surface area contributed by atoms with Crippen molar-refractivity contribution in [3.8, 4) is 0 Å². The Morgan fingerprint density at radius 3 is 2.77 bits per heavy atom. The second-order valence-corrected chi connectivity index (χ2v) is 7.80. The average molecular weight is 530 g/mol. The van der Waals surface area contributed by atoms with Crippen LogP contribution >= 0.6 is 24.0 Å². The lowest BCUT2D eigenvalue weighted by Gasteiger charge is -2.21. The summed E-state index contributed by atoms with van der Waals surface area (Å²) in [5.74, 6) is 1.50. The lowest BCUT2D eigenvalue weighted by Crippen LogP contribution is -2.39. The molecule has 1 amide bonds. The molecule has 1 atom stereocenters. The normalized spacial score (nSPS) is 15.9. The van der Waals surface area contributed by atoms with Crippen molar-refractivity contribution in [1.29, 1.82) is 0 Å². The number of hydrogen-bond donors (Lipinski definition) is 2. The minimum absolute atomic E-state index is 0. The summed E-state index contributed by atoms with van der Waals surface area (Å²) in [5.41, 5.74) is 1.20. The summed E-state index contributed by atoms with van der Waals surface area (Å²) in [4.78, 5) is 18.8. The molecule has 170 valence electrons. The van der Waals surface area contributed by atoms with Gasteiger partial charge in [0.2, 0.25) is 5.91 Å². The SMILES string of the molecule is CCNC(=NCC(C)COCc1ccccc1)NCCCN1CCCCCC1=O.I. The van der Waals surface area contributed by atoms with Crippen molar-refractivity contribution in [2.24, 2.45) is 10.9 Å². The van der Waals surface area contributed by atoms with Gasteiger partial charge in [0.1, 0.15) is 0 Å². The van der Waals surface area contributed by atoms with E-state index in [-0.39, 0.29) is 24.0 Å². The summed E-state index contributed by atoms with van der Waals surface area (Å²) < 4.78 is 5.81. The molecular weight excluding hydrogens is 491 g/mol. The van der Waals surface area contributed by atoms with Crippen molar-refractivity contribution in [2.75, 3.05) is 39.3 Å². The highest BCUT2D eigenvalue weighted by Crippen LogP contribution is 2.11. The van der Waals surface area contributed by atoms with Gasteiger partial charge in [0.25, 0.3) is 0 Å². The molecule has 6 nitrogen and oxygen atoms in total. The van der Waals surface area contributed by atoms with Crippen LogP contribution in [0.2, 0.25) is 0 Å². The molecule has 7 heteroatoms. The molecular formula is C23H39IN4O2. The smallest absolute Gasteiger partial charge is 0.222 e. The largest absolute Gasteiger partial charge is 0.376 e. The van der Waals surface area contributed by atoms with Crippen LogP contribution in [0.5, 0.6) is 0 Å². The molecule has 1 fully saturated rings. The molecule has 0 bridgehead atoms. The molecule has 1 heterocycles. The third kappa shape index (κ3) is 11.2. The summed E-state index contributed by atoms with van der Waals surface area (Å²) in [5, 5.41) is 6.68. The number of guanidine groups is 1. The molecule has 1 unspecified atom stereocenters. The fourth-order valence-electron chi connectivity index (χ4n) is 3.35. The zero-order valence-corrected chi connectivity index (χ0v) is 20.9. The van der Waals surface area contributed by atoms with E-state index in [0.29, 0.717) is 38.0 Å². The average Bonchev–Trinajstić information content (AvgIpc) is 2.94. The van der Waals surface area contributed by atoms with E-state index in [9.17, 15) is 4.79 Å². The van der Waals surface area contributed by atoms with Crippen LogP contribution in [0.3, 0.4) is 0 Å². The number of carbonyl (C=O) groups excluding carboxylic acids is 1. The molecule has 2 rings (SSSR count). The van der Waals surface area contributed by atoms with Gasteiger partial charge in [-0.05, 0) is 37.7 Å². The number of hydrogen-bond acceptors (Lipinski definition) is 3. The molecule has 0 saturated carbocycles. The van der Waals surface area contributed by atoms with Crippen LogP contribution in [0, 0.1) is 5.92 Å². The number of likely N-dealkylation sites (tertiary alicyclic amines) is 1. The van der Waals surface area contributed by atoms with Gasteiger partial charge in [-0.2, -0.15) is 0 Å². The van der Waals surface area contributed by atoms with Crippen molar-refractivity contribution in [1.82, 2.24) is 15.5 Å². The highest BCUT2D eigenvalue weighted by atomic mass is 127. The standard InChI is InChI=1S/C23H38N4O2.HI/c1-3-24-23(25-14-10-16-27-15-9-5-8-13-22(27)28)26-17-20(2)18-29-19-21-11-6-4-7-12-21;/h4,6-7,11-12,20H,3,5,8-10,13-19H2,1-2H3,(H2,24,25,26);1H. The molecule has 1 aromatic rings. The summed E-state index contributed by atoms with van der Waals surface area (Å²) in [6.07, 6.45) is 4.99. The first-order valence-corrected chi connectivity index (χ1v) is 11.1.